The van der Waals surface area contributed by atoms with E-state index in [9.17, 15) is 4.79 Å². The number of amides is 1. The maximum Gasteiger partial charge on any atom is 0.240 e. The van der Waals surface area contributed by atoms with Gasteiger partial charge in [-0.2, -0.15) is 5.10 Å². The van der Waals surface area contributed by atoms with E-state index in [1.54, 1.807) is 4.57 Å². The van der Waals surface area contributed by atoms with Gasteiger partial charge in [0.25, 0.3) is 0 Å². The van der Waals surface area contributed by atoms with Crippen LogP contribution in [0.25, 0.3) is 11.4 Å². The zero-order chi connectivity index (χ0) is 14.5. The lowest BCUT2D eigenvalue weighted by atomic mass is 10.1. The number of carbonyl (C=O) groups excluding carboxylic acids is 1. The summed E-state index contributed by atoms with van der Waals surface area (Å²) in [7, 11) is 0. The fraction of sp³-hybridized carbons (Fsp3) is 0.308. The van der Waals surface area contributed by atoms with Crippen LogP contribution in [-0.4, -0.2) is 38.9 Å². The number of aromatic nitrogens is 3. The van der Waals surface area contributed by atoms with Crippen molar-refractivity contribution in [3.05, 3.63) is 34.6 Å². The normalized spacial score (nSPS) is 10.5. The number of hydrogen-bond donors (Lipinski definition) is 3. The third-order valence-corrected chi connectivity index (χ3v) is 3.12. The standard InChI is InChI=1S/C13H16N4O2S/c1-9-2-4-10(5-3-9)12-15-16-13(20)17(12)8-11(19)14-6-7-18/h2-5,18H,6-8H2,1H3,(H,14,19)(H,16,20). The van der Waals surface area contributed by atoms with E-state index in [1.165, 1.54) is 0 Å². The summed E-state index contributed by atoms with van der Waals surface area (Å²) >= 11 is 5.15. The van der Waals surface area contributed by atoms with Crippen LogP contribution in [0.4, 0.5) is 0 Å². The molecule has 1 aromatic carbocycles. The van der Waals surface area contributed by atoms with Crippen LogP contribution in [-0.2, 0) is 11.3 Å². The summed E-state index contributed by atoms with van der Waals surface area (Å²) in [6.07, 6.45) is 0. The molecule has 7 heteroatoms. The molecule has 6 nitrogen and oxygen atoms in total. The van der Waals surface area contributed by atoms with E-state index in [0.29, 0.717) is 10.6 Å². The van der Waals surface area contributed by atoms with E-state index in [1.807, 2.05) is 31.2 Å². The van der Waals surface area contributed by atoms with Crippen LogP contribution in [0.5, 0.6) is 0 Å². The molecule has 0 saturated carbocycles. The van der Waals surface area contributed by atoms with E-state index in [2.05, 4.69) is 15.5 Å². The number of rotatable bonds is 5. The molecule has 2 aromatic rings. The lowest BCUT2D eigenvalue weighted by Gasteiger charge is -2.07. The van der Waals surface area contributed by atoms with Gasteiger partial charge in [0, 0.05) is 12.1 Å². The van der Waals surface area contributed by atoms with E-state index >= 15 is 0 Å². The van der Waals surface area contributed by atoms with Crippen LogP contribution >= 0.6 is 12.2 Å². The maximum absolute atomic E-state index is 11.7. The number of aliphatic hydroxyl groups is 1. The number of H-pyrrole nitrogens is 1. The SMILES string of the molecule is Cc1ccc(-c2n[nH]c(=S)n2CC(=O)NCCO)cc1. The van der Waals surface area contributed by atoms with Gasteiger partial charge in [0.2, 0.25) is 5.91 Å². The number of nitrogens with zero attached hydrogens (tertiary/aromatic N) is 2. The van der Waals surface area contributed by atoms with Gasteiger partial charge in [-0.25, -0.2) is 0 Å². The second-order valence-corrected chi connectivity index (χ2v) is 4.76. The number of aryl methyl sites for hydroxylation is 1. The van der Waals surface area contributed by atoms with Gasteiger partial charge in [0.05, 0.1) is 6.61 Å². The smallest absolute Gasteiger partial charge is 0.240 e. The van der Waals surface area contributed by atoms with Crippen LogP contribution in [0, 0.1) is 11.7 Å². The molecule has 0 radical (unpaired) electrons. The lowest BCUT2D eigenvalue weighted by Crippen LogP contribution is -2.30. The fourth-order valence-corrected chi connectivity index (χ4v) is 1.98. The molecule has 0 saturated heterocycles. The first-order valence-corrected chi connectivity index (χ1v) is 6.62. The first kappa shape index (κ1) is 14.4. The molecule has 0 atom stereocenters. The highest BCUT2D eigenvalue weighted by molar-refractivity contribution is 7.71. The monoisotopic (exact) mass is 292 g/mol. The van der Waals surface area contributed by atoms with Crippen molar-refractivity contribution in [3.8, 4) is 11.4 Å². The number of hydrogen-bond acceptors (Lipinski definition) is 4. The molecule has 1 amide bonds. The van der Waals surface area contributed by atoms with Crippen molar-refractivity contribution in [1.82, 2.24) is 20.1 Å². The average Bonchev–Trinajstić information content (AvgIpc) is 2.79. The zero-order valence-electron chi connectivity index (χ0n) is 11.1. The Morgan fingerprint density at radius 2 is 2.15 bits per heavy atom. The van der Waals surface area contributed by atoms with Gasteiger partial charge in [-0.1, -0.05) is 29.8 Å². The molecule has 0 aliphatic heterocycles. The van der Waals surface area contributed by atoms with E-state index in [0.717, 1.165) is 11.1 Å². The molecule has 1 aromatic heterocycles. The second-order valence-electron chi connectivity index (χ2n) is 4.38. The summed E-state index contributed by atoms with van der Waals surface area (Å²) in [5, 5.41) is 18.1. The van der Waals surface area contributed by atoms with Crippen molar-refractivity contribution >= 4 is 18.1 Å². The molecule has 20 heavy (non-hydrogen) atoms. The Morgan fingerprint density at radius 1 is 1.45 bits per heavy atom. The minimum atomic E-state index is -0.218. The van der Waals surface area contributed by atoms with E-state index in [4.69, 9.17) is 17.3 Å². The molecule has 0 bridgehead atoms. The fourth-order valence-electron chi connectivity index (χ4n) is 1.78. The summed E-state index contributed by atoms with van der Waals surface area (Å²) in [6, 6.07) is 7.82. The van der Waals surface area contributed by atoms with Crippen LogP contribution in [0.3, 0.4) is 0 Å². The number of benzene rings is 1. The van der Waals surface area contributed by atoms with Gasteiger partial charge in [-0.3, -0.25) is 14.5 Å². The Labute approximate surface area is 121 Å². The number of aliphatic hydroxyl groups excluding tert-OH is 1. The molecular weight excluding hydrogens is 276 g/mol. The predicted octanol–water partition coefficient (Wildman–Crippen LogP) is 1.02. The zero-order valence-corrected chi connectivity index (χ0v) is 11.9. The Kier molecular flexibility index (Phi) is 4.65. The first-order valence-electron chi connectivity index (χ1n) is 6.21. The van der Waals surface area contributed by atoms with Gasteiger partial charge in [0.15, 0.2) is 10.6 Å². The van der Waals surface area contributed by atoms with Gasteiger partial charge < -0.3 is 10.4 Å². The maximum atomic E-state index is 11.7. The molecule has 3 N–H and O–H groups in total. The molecule has 0 fully saturated rings. The van der Waals surface area contributed by atoms with Crippen molar-refractivity contribution in [2.75, 3.05) is 13.2 Å². The summed E-state index contributed by atoms with van der Waals surface area (Å²) in [5.41, 5.74) is 2.04. The molecule has 2 rings (SSSR count). The van der Waals surface area contributed by atoms with Gasteiger partial charge in [-0.05, 0) is 19.1 Å². The highest BCUT2D eigenvalue weighted by Gasteiger charge is 2.11. The number of nitrogens with one attached hydrogen (secondary N) is 2. The third kappa shape index (κ3) is 3.31. The van der Waals surface area contributed by atoms with Crippen molar-refractivity contribution in [1.29, 1.82) is 0 Å². The van der Waals surface area contributed by atoms with Crippen LogP contribution in [0.1, 0.15) is 5.56 Å². The minimum Gasteiger partial charge on any atom is -0.395 e. The molecule has 0 aliphatic carbocycles. The minimum absolute atomic E-state index is 0.0680. The number of aromatic amines is 1. The van der Waals surface area contributed by atoms with Crippen molar-refractivity contribution in [2.24, 2.45) is 0 Å². The Bertz CT molecular complexity index is 645. The molecular formula is C13H16N4O2S. The largest absolute Gasteiger partial charge is 0.395 e. The summed E-state index contributed by atoms with van der Waals surface area (Å²) in [4.78, 5) is 11.7. The molecule has 0 unspecified atom stereocenters. The molecule has 0 aliphatic rings. The first-order chi connectivity index (χ1) is 9.61. The highest BCUT2D eigenvalue weighted by atomic mass is 32.1. The van der Waals surface area contributed by atoms with Gasteiger partial charge in [0.1, 0.15) is 6.54 Å². The Morgan fingerprint density at radius 3 is 2.80 bits per heavy atom. The summed E-state index contributed by atoms with van der Waals surface area (Å²) < 4.78 is 2.02. The summed E-state index contributed by atoms with van der Waals surface area (Å²) in [5.74, 6) is 0.402. The topological polar surface area (TPSA) is 82.9 Å². The molecule has 1 heterocycles. The van der Waals surface area contributed by atoms with Crippen molar-refractivity contribution in [2.45, 2.75) is 13.5 Å². The lowest BCUT2D eigenvalue weighted by molar-refractivity contribution is -0.121. The van der Waals surface area contributed by atoms with Gasteiger partial charge in [-0.15, -0.1) is 0 Å². The number of carbonyl (C=O) groups is 1. The quantitative estimate of drug-likeness (QED) is 0.719. The van der Waals surface area contributed by atoms with E-state index in [-0.39, 0.29) is 25.6 Å². The predicted molar refractivity (Wildman–Crippen MR) is 77.7 cm³/mol. The van der Waals surface area contributed by atoms with Crippen LogP contribution in [0.15, 0.2) is 24.3 Å². The third-order valence-electron chi connectivity index (χ3n) is 2.80. The van der Waals surface area contributed by atoms with Crippen LogP contribution < -0.4 is 5.32 Å². The molecule has 106 valence electrons. The van der Waals surface area contributed by atoms with Gasteiger partial charge >= 0.3 is 0 Å². The van der Waals surface area contributed by atoms with E-state index < -0.39 is 0 Å². The average molecular weight is 292 g/mol. The highest BCUT2D eigenvalue weighted by Crippen LogP contribution is 2.17. The second kappa shape index (κ2) is 6.44. The van der Waals surface area contributed by atoms with Crippen molar-refractivity contribution in [3.63, 3.8) is 0 Å². The van der Waals surface area contributed by atoms with Crippen molar-refractivity contribution < 1.29 is 9.90 Å². The summed E-state index contributed by atoms with van der Waals surface area (Å²) in [6.45, 7) is 2.21. The molecule has 0 spiro atoms. The Balaban J connectivity index is 2.25. The Hall–Kier alpha value is -1.99. The van der Waals surface area contributed by atoms with Crippen LogP contribution in [0.2, 0.25) is 0 Å².